The van der Waals surface area contributed by atoms with Gasteiger partial charge in [-0.15, -0.1) is 37.3 Å². The highest BCUT2D eigenvalue weighted by molar-refractivity contribution is 7.81. The lowest BCUT2D eigenvalue weighted by molar-refractivity contribution is 0.749. The average Bonchev–Trinajstić information content (AvgIpc) is 2.82. The molecular formula is C33H45BS2. The summed E-state index contributed by atoms with van der Waals surface area (Å²) in [4.78, 5) is 1.83. The van der Waals surface area contributed by atoms with Crippen LogP contribution in [0.5, 0.6) is 0 Å². The maximum absolute atomic E-state index is 6.23. The van der Waals surface area contributed by atoms with E-state index in [1.54, 1.807) is 0 Å². The first-order valence-corrected chi connectivity index (χ1v) is 13.8. The Morgan fingerprint density at radius 1 is 1.03 bits per heavy atom. The smallest absolute Gasteiger partial charge is 0.113 e. The highest BCUT2D eigenvalue weighted by Crippen LogP contribution is 2.43. The molecule has 1 aromatic rings. The van der Waals surface area contributed by atoms with Gasteiger partial charge >= 0.3 is 0 Å². The number of aryl methyl sites for hydroxylation is 1. The van der Waals surface area contributed by atoms with Gasteiger partial charge in [0.15, 0.2) is 0 Å². The zero-order valence-electron chi connectivity index (χ0n) is 23.9. The van der Waals surface area contributed by atoms with Gasteiger partial charge in [0.1, 0.15) is 7.85 Å². The molecule has 1 aromatic carbocycles. The van der Waals surface area contributed by atoms with Crippen molar-refractivity contribution in [3.05, 3.63) is 105 Å². The highest BCUT2D eigenvalue weighted by Gasteiger charge is 2.33. The second-order valence-electron chi connectivity index (χ2n) is 9.87. The number of unbranched alkanes of at least 4 members (excludes halogenated alkanes) is 1. The number of hydrogen-bond donors (Lipinski definition) is 2. The van der Waals surface area contributed by atoms with Crippen LogP contribution in [0.3, 0.4) is 0 Å². The van der Waals surface area contributed by atoms with Crippen molar-refractivity contribution in [1.82, 2.24) is 0 Å². The van der Waals surface area contributed by atoms with Crippen molar-refractivity contribution in [2.24, 2.45) is 0 Å². The topological polar surface area (TPSA) is 0 Å². The predicted octanol–water partition coefficient (Wildman–Crippen LogP) is 10.4. The van der Waals surface area contributed by atoms with Gasteiger partial charge in [0.2, 0.25) is 0 Å². The van der Waals surface area contributed by atoms with E-state index < -0.39 is 5.41 Å². The van der Waals surface area contributed by atoms with E-state index in [0.29, 0.717) is 5.47 Å². The van der Waals surface area contributed by atoms with Crippen LogP contribution in [0.25, 0.3) is 0 Å². The summed E-state index contributed by atoms with van der Waals surface area (Å²) in [6.45, 7) is 23.3. The van der Waals surface area contributed by atoms with E-state index in [4.69, 9.17) is 20.5 Å². The Morgan fingerprint density at radius 2 is 1.67 bits per heavy atom. The molecule has 0 aliphatic heterocycles. The maximum Gasteiger partial charge on any atom is 0.113 e. The summed E-state index contributed by atoms with van der Waals surface area (Å²) in [6, 6.07) is 4.24. The van der Waals surface area contributed by atoms with E-state index in [-0.39, 0.29) is 0 Å². The summed E-state index contributed by atoms with van der Waals surface area (Å²) in [7, 11) is 6.23. The molecule has 0 amide bonds. The molecule has 2 radical (unpaired) electrons. The van der Waals surface area contributed by atoms with Crippen molar-refractivity contribution < 1.29 is 0 Å². The second-order valence-corrected chi connectivity index (χ2v) is 10.8. The van der Waals surface area contributed by atoms with E-state index in [1.165, 1.54) is 35.1 Å². The standard InChI is InChI=1S/C33H45BS2/c1-11-14-16-28(13-3)29(15-12-2)23(6)17-18-33(21-22(4)5,26(9)25(8)27(10)34)30-19-24(7)31(35)20-32(30)36/h12-13,15,17-21,35-36H,10-11,14,16H2,1-9H3/b15-12+,18-17-,26-25-,28-13-,29-23+. The SMILES string of the molecule is [B]C(=C)/C(C)=C(/C)C(C=C(C)C)(\C=C/C(C)=C(\C=C\C)C(=C\C)/CCCC)c1cc(C)c(S)cc1S. The molecule has 3 heteroatoms. The van der Waals surface area contributed by atoms with E-state index in [1.807, 2.05) is 13.0 Å². The van der Waals surface area contributed by atoms with E-state index >= 15 is 0 Å². The third-order valence-electron chi connectivity index (χ3n) is 6.79. The number of hydrogen-bond acceptors (Lipinski definition) is 2. The van der Waals surface area contributed by atoms with Gasteiger partial charge in [-0.25, -0.2) is 0 Å². The summed E-state index contributed by atoms with van der Waals surface area (Å²) < 4.78 is 0. The molecule has 1 atom stereocenters. The van der Waals surface area contributed by atoms with Crippen molar-refractivity contribution >= 4 is 33.1 Å². The molecule has 192 valence electrons. The Labute approximate surface area is 234 Å². The molecule has 0 N–H and O–H groups in total. The summed E-state index contributed by atoms with van der Waals surface area (Å²) in [6.07, 6.45) is 16.9. The van der Waals surface area contributed by atoms with Gasteiger partial charge in [-0.05, 0) is 102 Å². The first kappa shape index (κ1) is 32.2. The van der Waals surface area contributed by atoms with Crippen LogP contribution in [-0.4, -0.2) is 7.85 Å². The van der Waals surface area contributed by atoms with Gasteiger partial charge in [0.25, 0.3) is 0 Å². The lowest BCUT2D eigenvalue weighted by atomic mass is 9.69. The number of thiol groups is 2. The van der Waals surface area contributed by atoms with Crippen molar-refractivity contribution in [3.63, 3.8) is 0 Å². The van der Waals surface area contributed by atoms with Crippen LogP contribution in [0.2, 0.25) is 0 Å². The molecule has 0 bridgehead atoms. The minimum Gasteiger partial charge on any atom is -0.143 e. The molecule has 0 heterocycles. The monoisotopic (exact) mass is 516 g/mol. The van der Waals surface area contributed by atoms with Gasteiger partial charge in [-0.2, -0.15) is 0 Å². The van der Waals surface area contributed by atoms with Crippen molar-refractivity contribution in [1.29, 1.82) is 0 Å². The molecule has 0 saturated carbocycles. The predicted molar refractivity (Wildman–Crippen MR) is 170 cm³/mol. The molecular weight excluding hydrogens is 471 g/mol. The van der Waals surface area contributed by atoms with Crippen LogP contribution in [0.15, 0.2) is 104 Å². The molecule has 0 aromatic heterocycles. The first-order chi connectivity index (χ1) is 16.9. The fourth-order valence-corrected chi connectivity index (χ4v) is 5.15. The van der Waals surface area contributed by atoms with Crippen LogP contribution in [0.1, 0.15) is 85.8 Å². The molecule has 0 aliphatic rings. The summed E-state index contributed by atoms with van der Waals surface area (Å²) in [5.41, 5.74) is 9.47. The number of allylic oxidation sites excluding steroid dienone is 13. The molecule has 0 aliphatic carbocycles. The summed E-state index contributed by atoms with van der Waals surface area (Å²) >= 11 is 9.58. The quantitative estimate of drug-likeness (QED) is 0.124. The third-order valence-corrected chi connectivity index (χ3v) is 7.64. The molecule has 1 rings (SSSR count). The zero-order valence-corrected chi connectivity index (χ0v) is 25.7. The van der Waals surface area contributed by atoms with Gasteiger partial charge in [0, 0.05) is 9.79 Å². The lowest BCUT2D eigenvalue weighted by Crippen LogP contribution is -2.26. The average molecular weight is 517 g/mol. The Balaban J connectivity index is 4.13. The Morgan fingerprint density at radius 3 is 2.17 bits per heavy atom. The Bertz CT molecular complexity index is 1130. The summed E-state index contributed by atoms with van der Waals surface area (Å²) in [5, 5.41) is 0. The van der Waals surface area contributed by atoms with Gasteiger partial charge in [-0.3, -0.25) is 0 Å². The molecule has 0 saturated heterocycles. The highest BCUT2D eigenvalue weighted by atomic mass is 32.1. The van der Waals surface area contributed by atoms with Crippen LogP contribution in [0.4, 0.5) is 0 Å². The fraction of sp³-hybridized carbons (Fsp3) is 0.394. The molecule has 36 heavy (non-hydrogen) atoms. The van der Waals surface area contributed by atoms with Gasteiger partial charge < -0.3 is 0 Å². The molecule has 0 spiro atoms. The zero-order chi connectivity index (χ0) is 27.6. The minimum atomic E-state index is -0.545. The van der Waals surface area contributed by atoms with Crippen molar-refractivity contribution in [2.45, 2.75) is 96.8 Å². The first-order valence-electron chi connectivity index (χ1n) is 12.9. The van der Waals surface area contributed by atoms with E-state index in [0.717, 1.165) is 38.5 Å². The van der Waals surface area contributed by atoms with Crippen LogP contribution >= 0.6 is 25.3 Å². The molecule has 0 nitrogen and oxygen atoms in total. The van der Waals surface area contributed by atoms with Gasteiger partial charge in [0.05, 0.1) is 5.41 Å². The van der Waals surface area contributed by atoms with Crippen molar-refractivity contribution in [2.75, 3.05) is 0 Å². The molecule has 1 unspecified atom stereocenters. The number of benzene rings is 1. The molecule has 0 fully saturated rings. The largest absolute Gasteiger partial charge is 0.143 e. The Hall–Kier alpha value is -1.84. The van der Waals surface area contributed by atoms with Crippen LogP contribution in [0, 0.1) is 6.92 Å². The summed E-state index contributed by atoms with van der Waals surface area (Å²) in [5.74, 6) is 0. The van der Waals surface area contributed by atoms with Crippen LogP contribution in [-0.2, 0) is 5.41 Å². The van der Waals surface area contributed by atoms with E-state index in [2.05, 4.69) is 117 Å². The lowest BCUT2D eigenvalue weighted by Gasteiger charge is -2.34. The maximum atomic E-state index is 6.23. The fourth-order valence-electron chi connectivity index (χ4n) is 4.48. The number of rotatable bonds is 11. The normalized spacial score (nSPS) is 15.6. The van der Waals surface area contributed by atoms with E-state index in [9.17, 15) is 0 Å². The van der Waals surface area contributed by atoms with Gasteiger partial charge in [-0.1, -0.05) is 72.6 Å². The Kier molecular flexibility index (Phi) is 13.2. The minimum absolute atomic E-state index is 0.545. The second kappa shape index (κ2) is 14.8. The van der Waals surface area contributed by atoms with Crippen molar-refractivity contribution in [3.8, 4) is 0 Å². The third kappa shape index (κ3) is 8.08. The van der Waals surface area contributed by atoms with Crippen LogP contribution < -0.4 is 0 Å².